The average Bonchev–Trinajstić information content (AvgIpc) is 2.91. The predicted octanol–water partition coefficient (Wildman–Crippen LogP) is 1.42. The molecule has 0 bridgehead atoms. The molecule has 2 rings (SSSR count). The second kappa shape index (κ2) is 4.12. The first-order chi connectivity index (χ1) is 7.17. The second-order valence-corrected chi connectivity index (χ2v) is 5.27. The molecule has 0 spiro atoms. The van der Waals surface area contributed by atoms with Crippen LogP contribution in [0.2, 0.25) is 0 Å². The first-order valence-electron chi connectivity index (χ1n) is 6.20. The Kier molecular flexibility index (Phi) is 3.01. The van der Waals surface area contributed by atoms with Crippen molar-refractivity contribution in [1.82, 2.24) is 5.32 Å². The van der Waals surface area contributed by atoms with Crippen molar-refractivity contribution in [1.29, 1.82) is 0 Å². The van der Waals surface area contributed by atoms with Gasteiger partial charge in [0, 0.05) is 12.6 Å². The molecule has 0 saturated heterocycles. The number of carbonyl (C=O) groups excluding carboxylic acids is 1. The Morgan fingerprint density at radius 1 is 1.47 bits per heavy atom. The molecule has 1 amide bonds. The zero-order chi connectivity index (χ0) is 10.9. The molecule has 0 aliphatic heterocycles. The molecule has 0 radical (unpaired) electrons. The summed E-state index contributed by atoms with van der Waals surface area (Å²) in [6.07, 6.45) is 6.84. The average molecular weight is 210 g/mol. The van der Waals surface area contributed by atoms with Gasteiger partial charge in [-0.25, -0.2) is 0 Å². The summed E-state index contributed by atoms with van der Waals surface area (Å²) < 4.78 is 0. The van der Waals surface area contributed by atoms with Gasteiger partial charge in [0.15, 0.2) is 0 Å². The smallest absolute Gasteiger partial charge is 0.224 e. The van der Waals surface area contributed by atoms with Gasteiger partial charge >= 0.3 is 0 Å². The van der Waals surface area contributed by atoms with Gasteiger partial charge in [0.25, 0.3) is 0 Å². The lowest BCUT2D eigenvalue weighted by molar-refractivity contribution is -0.125. The van der Waals surface area contributed by atoms with Crippen LogP contribution >= 0.6 is 0 Å². The number of nitrogens with two attached hydrogens (primary N) is 1. The van der Waals surface area contributed by atoms with Crippen molar-refractivity contribution < 1.29 is 4.79 Å². The summed E-state index contributed by atoms with van der Waals surface area (Å²) in [6.45, 7) is 3.08. The van der Waals surface area contributed by atoms with Crippen LogP contribution in [0, 0.1) is 11.3 Å². The van der Waals surface area contributed by atoms with Gasteiger partial charge in [0.1, 0.15) is 0 Å². The maximum atomic E-state index is 11.9. The number of hydrogen-bond acceptors (Lipinski definition) is 2. The van der Waals surface area contributed by atoms with E-state index in [1.54, 1.807) is 0 Å². The van der Waals surface area contributed by atoms with E-state index >= 15 is 0 Å². The molecule has 0 heterocycles. The van der Waals surface area contributed by atoms with Crippen LogP contribution in [-0.4, -0.2) is 18.5 Å². The lowest BCUT2D eigenvalue weighted by Crippen LogP contribution is -2.40. The summed E-state index contributed by atoms with van der Waals surface area (Å²) >= 11 is 0. The van der Waals surface area contributed by atoms with Crippen molar-refractivity contribution in [3.05, 3.63) is 0 Å². The third kappa shape index (κ3) is 2.33. The Balaban J connectivity index is 1.77. The van der Waals surface area contributed by atoms with E-state index < -0.39 is 0 Å². The van der Waals surface area contributed by atoms with Crippen LogP contribution in [0.5, 0.6) is 0 Å². The molecule has 2 aliphatic carbocycles. The van der Waals surface area contributed by atoms with E-state index in [0.29, 0.717) is 5.41 Å². The van der Waals surface area contributed by atoms with Crippen LogP contribution in [0.3, 0.4) is 0 Å². The molecule has 2 atom stereocenters. The van der Waals surface area contributed by atoms with Gasteiger partial charge in [-0.05, 0) is 37.5 Å². The lowest BCUT2D eigenvalue weighted by Gasteiger charge is -2.18. The number of nitrogens with one attached hydrogen (secondary N) is 1. The van der Waals surface area contributed by atoms with E-state index in [1.807, 2.05) is 0 Å². The van der Waals surface area contributed by atoms with Crippen LogP contribution in [0.25, 0.3) is 0 Å². The van der Waals surface area contributed by atoms with Crippen LogP contribution < -0.4 is 11.1 Å². The normalized spacial score (nSPS) is 32.7. The van der Waals surface area contributed by atoms with E-state index in [0.717, 1.165) is 25.8 Å². The van der Waals surface area contributed by atoms with Crippen molar-refractivity contribution >= 4 is 5.91 Å². The van der Waals surface area contributed by atoms with Crippen LogP contribution in [-0.2, 0) is 4.79 Å². The molecule has 15 heavy (non-hydrogen) atoms. The molecule has 0 aromatic carbocycles. The third-order valence-corrected chi connectivity index (χ3v) is 4.25. The molecule has 0 aromatic heterocycles. The minimum Gasteiger partial charge on any atom is -0.355 e. The van der Waals surface area contributed by atoms with Crippen LogP contribution in [0.4, 0.5) is 0 Å². The number of carbonyl (C=O) groups is 1. The Hall–Kier alpha value is -0.570. The first-order valence-corrected chi connectivity index (χ1v) is 6.20. The van der Waals surface area contributed by atoms with Crippen molar-refractivity contribution in [3.63, 3.8) is 0 Å². The number of amides is 1. The van der Waals surface area contributed by atoms with Gasteiger partial charge < -0.3 is 11.1 Å². The van der Waals surface area contributed by atoms with Gasteiger partial charge in [0.05, 0.1) is 5.92 Å². The van der Waals surface area contributed by atoms with E-state index in [4.69, 9.17) is 5.73 Å². The van der Waals surface area contributed by atoms with Crippen molar-refractivity contribution in [2.75, 3.05) is 6.54 Å². The topological polar surface area (TPSA) is 55.1 Å². The van der Waals surface area contributed by atoms with E-state index in [9.17, 15) is 4.79 Å². The number of hydrogen-bond donors (Lipinski definition) is 2. The monoisotopic (exact) mass is 210 g/mol. The van der Waals surface area contributed by atoms with Crippen molar-refractivity contribution in [3.8, 4) is 0 Å². The molecule has 3 nitrogen and oxygen atoms in total. The van der Waals surface area contributed by atoms with Gasteiger partial charge in [-0.3, -0.25) is 4.79 Å². The molecule has 2 saturated carbocycles. The molecule has 2 fully saturated rings. The fraction of sp³-hybridized carbons (Fsp3) is 0.917. The summed E-state index contributed by atoms with van der Waals surface area (Å²) in [4.78, 5) is 11.9. The summed E-state index contributed by atoms with van der Waals surface area (Å²) in [5, 5.41) is 3.09. The highest BCUT2D eigenvalue weighted by atomic mass is 16.1. The van der Waals surface area contributed by atoms with Gasteiger partial charge in [-0.1, -0.05) is 13.3 Å². The maximum Gasteiger partial charge on any atom is 0.224 e. The highest BCUT2D eigenvalue weighted by Crippen LogP contribution is 2.47. The minimum atomic E-state index is 0.0812. The zero-order valence-electron chi connectivity index (χ0n) is 9.59. The van der Waals surface area contributed by atoms with Crippen LogP contribution in [0.1, 0.15) is 45.4 Å². The van der Waals surface area contributed by atoms with Gasteiger partial charge in [-0.15, -0.1) is 0 Å². The summed E-state index contributed by atoms with van der Waals surface area (Å²) in [7, 11) is 0. The summed E-state index contributed by atoms with van der Waals surface area (Å²) in [6, 6.07) is 0.0989. The maximum absolute atomic E-state index is 11.9. The molecule has 2 aliphatic rings. The zero-order valence-corrected chi connectivity index (χ0v) is 9.59. The van der Waals surface area contributed by atoms with E-state index in [-0.39, 0.29) is 17.9 Å². The van der Waals surface area contributed by atoms with Gasteiger partial charge in [-0.2, -0.15) is 0 Å². The van der Waals surface area contributed by atoms with Crippen molar-refractivity contribution in [2.45, 2.75) is 51.5 Å². The molecule has 0 aromatic rings. The van der Waals surface area contributed by atoms with E-state index in [1.165, 1.54) is 19.3 Å². The first kappa shape index (κ1) is 10.9. The fourth-order valence-electron chi connectivity index (χ4n) is 2.55. The summed E-state index contributed by atoms with van der Waals surface area (Å²) in [5.74, 6) is 0.275. The Labute approximate surface area is 91.8 Å². The fourth-order valence-corrected chi connectivity index (χ4v) is 2.55. The quantitative estimate of drug-likeness (QED) is 0.737. The molecule has 3 heteroatoms. The molecular weight excluding hydrogens is 188 g/mol. The standard InChI is InChI=1S/C12H22N2O/c1-2-12(6-7-12)8-14-11(15)9-4-3-5-10(9)13/h9-10H,2-8,13H2,1H3,(H,14,15). The third-order valence-electron chi connectivity index (χ3n) is 4.25. The largest absolute Gasteiger partial charge is 0.355 e. The SMILES string of the molecule is CCC1(CNC(=O)C2CCCC2N)CC1. The van der Waals surface area contributed by atoms with Crippen molar-refractivity contribution in [2.24, 2.45) is 17.1 Å². The molecular formula is C12H22N2O. The Morgan fingerprint density at radius 2 is 2.20 bits per heavy atom. The van der Waals surface area contributed by atoms with Crippen LogP contribution in [0.15, 0.2) is 0 Å². The second-order valence-electron chi connectivity index (χ2n) is 5.27. The lowest BCUT2D eigenvalue weighted by atomic mass is 10.0. The molecule has 3 N–H and O–H groups in total. The molecule has 2 unspecified atom stereocenters. The highest BCUT2D eigenvalue weighted by molar-refractivity contribution is 5.79. The number of rotatable bonds is 4. The van der Waals surface area contributed by atoms with Gasteiger partial charge in [0.2, 0.25) is 5.91 Å². The Bertz CT molecular complexity index is 248. The Morgan fingerprint density at radius 3 is 2.67 bits per heavy atom. The molecule has 86 valence electrons. The minimum absolute atomic E-state index is 0.0812. The summed E-state index contributed by atoms with van der Waals surface area (Å²) in [5.41, 5.74) is 6.35. The van der Waals surface area contributed by atoms with E-state index in [2.05, 4.69) is 12.2 Å². The predicted molar refractivity (Wildman–Crippen MR) is 60.3 cm³/mol. The highest BCUT2D eigenvalue weighted by Gasteiger charge is 2.41.